The second kappa shape index (κ2) is 4.97. The fourth-order valence-corrected chi connectivity index (χ4v) is 3.19. The standard InChI is InChI=1S/C13H23N5/c1-10(2)5-18-13(15-9-16-18)8-17-6-11-3-14-4-12(11)7-17/h9-12,14H,3-8H2,1-2H3. The Kier molecular flexibility index (Phi) is 3.35. The summed E-state index contributed by atoms with van der Waals surface area (Å²) in [6.45, 7) is 11.2. The Morgan fingerprint density at radius 1 is 1.33 bits per heavy atom. The van der Waals surface area contributed by atoms with Gasteiger partial charge in [-0.1, -0.05) is 13.8 Å². The average Bonchev–Trinajstić information content (AvgIpc) is 2.94. The smallest absolute Gasteiger partial charge is 0.141 e. The van der Waals surface area contributed by atoms with Crippen LogP contribution in [0.3, 0.4) is 0 Å². The predicted molar refractivity (Wildman–Crippen MR) is 70.0 cm³/mol. The van der Waals surface area contributed by atoms with Crippen LogP contribution in [0.1, 0.15) is 19.7 Å². The van der Waals surface area contributed by atoms with Crippen molar-refractivity contribution in [3.8, 4) is 0 Å². The Morgan fingerprint density at radius 3 is 2.72 bits per heavy atom. The van der Waals surface area contributed by atoms with Gasteiger partial charge in [0.15, 0.2) is 0 Å². The van der Waals surface area contributed by atoms with Crippen LogP contribution >= 0.6 is 0 Å². The summed E-state index contributed by atoms with van der Waals surface area (Å²) < 4.78 is 2.07. The number of nitrogens with one attached hydrogen (secondary N) is 1. The first-order chi connectivity index (χ1) is 8.72. The third kappa shape index (κ3) is 2.42. The number of nitrogens with zero attached hydrogens (tertiary/aromatic N) is 4. The Balaban J connectivity index is 1.61. The molecular formula is C13H23N5. The van der Waals surface area contributed by atoms with Crippen LogP contribution in [-0.4, -0.2) is 45.8 Å². The van der Waals surface area contributed by atoms with Crippen molar-refractivity contribution >= 4 is 0 Å². The molecule has 2 unspecified atom stereocenters. The van der Waals surface area contributed by atoms with Crippen molar-refractivity contribution in [3.05, 3.63) is 12.2 Å². The lowest BCUT2D eigenvalue weighted by molar-refractivity contribution is 0.287. The topological polar surface area (TPSA) is 46.0 Å². The second-order valence-electron chi connectivity index (χ2n) is 6.12. The zero-order valence-electron chi connectivity index (χ0n) is 11.3. The average molecular weight is 249 g/mol. The monoisotopic (exact) mass is 249 g/mol. The molecule has 5 heteroatoms. The summed E-state index contributed by atoms with van der Waals surface area (Å²) in [4.78, 5) is 6.96. The maximum atomic E-state index is 4.42. The molecule has 3 rings (SSSR count). The molecule has 2 fully saturated rings. The summed E-state index contributed by atoms with van der Waals surface area (Å²) in [5.41, 5.74) is 0. The van der Waals surface area contributed by atoms with Crippen LogP contribution in [0.4, 0.5) is 0 Å². The van der Waals surface area contributed by atoms with Gasteiger partial charge in [0.05, 0.1) is 6.54 Å². The summed E-state index contributed by atoms with van der Waals surface area (Å²) in [7, 11) is 0. The van der Waals surface area contributed by atoms with Gasteiger partial charge < -0.3 is 5.32 Å². The first kappa shape index (κ1) is 12.1. The second-order valence-corrected chi connectivity index (χ2v) is 6.12. The van der Waals surface area contributed by atoms with Gasteiger partial charge in [-0.15, -0.1) is 0 Å². The van der Waals surface area contributed by atoms with Crippen molar-refractivity contribution in [2.75, 3.05) is 26.2 Å². The SMILES string of the molecule is CC(C)Cn1ncnc1CN1CC2CNCC2C1. The molecule has 2 aliphatic rings. The molecule has 0 aromatic carbocycles. The highest BCUT2D eigenvalue weighted by Crippen LogP contribution is 2.27. The van der Waals surface area contributed by atoms with E-state index in [0.717, 1.165) is 30.7 Å². The molecule has 1 N–H and O–H groups in total. The third-order valence-electron chi connectivity index (χ3n) is 4.06. The van der Waals surface area contributed by atoms with Crippen LogP contribution in [-0.2, 0) is 13.1 Å². The molecule has 5 nitrogen and oxygen atoms in total. The van der Waals surface area contributed by atoms with Crippen molar-refractivity contribution in [2.45, 2.75) is 26.9 Å². The van der Waals surface area contributed by atoms with Gasteiger partial charge in [-0.3, -0.25) is 4.90 Å². The molecule has 2 saturated heterocycles. The number of likely N-dealkylation sites (tertiary alicyclic amines) is 1. The van der Waals surface area contributed by atoms with Gasteiger partial charge in [-0.25, -0.2) is 9.67 Å². The molecule has 0 spiro atoms. The molecule has 0 radical (unpaired) electrons. The van der Waals surface area contributed by atoms with E-state index in [4.69, 9.17) is 0 Å². The van der Waals surface area contributed by atoms with E-state index < -0.39 is 0 Å². The lowest BCUT2D eigenvalue weighted by atomic mass is 10.0. The van der Waals surface area contributed by atoms with Crippen molar-refractivity contribution < 1.29 is 0 Å². The lowest BCUT2D eigenvalue weighted by Crippen LogP contribution is -2.27. The minimum Gasteiger partial charge on any atom is -0.316 e. The van der Waals surface area contributed by atoms with Crippen molar-refractivity contribution in [3.63, 3.8) is 0 Å². The van der Waals surface area contributed by atoms with Gasteiger partial charge in [0.2, 0.25) is 0 Å². The van der Waals surface area contributed by atoms with Gasteiger partial charge in [0.1, 0.15) is 12.2 Å². The highest BCUT2D eigenvalue weighted by Gasteiger charge is 2.36. The quantitative estimate of drug-likeness (QED) is 0.848. The van der Waals surface area contributed by atoms with E-state index in [1.54, 1.807) is 6.33 Å². The normalized spacial score (nSPS) is 28.2. The molecule has 1 aromatic rings. The first-order valence-corrected chi connectivity index (χ1v) is 7.02. The maximum Gasteiger partial charge on any atom is 0.141 e. The Hall–Kier alpha value is -0.940. The van der Waals surface area contributed by atoms with Crippen molar-refractivity contribution in [2.24, 2.45) is 17.8 Å². The molecule has 100 valence electrons. The van der Waals surface area contributed by atoms with Crippen molar-refractivity contribution in [1.29, 1.82) is 0 Å². The van der Waals surface area contributed by atoms with E-state index in [0.29, 0.717) is 5.92 Å². The van der Waals surface area contributed by atoms with E-state index in [2.05, 4.69) is 38.8 Å². The molecule has 0 saturated carbocycles. The largest absolute Gasteiger partial charge is 0.316 e. The van der Waals surface area contributed by atoms with Crippen LogP contribution < -0.4 is 5.32 Å². The summed E-state index contributed by atoms with van der Waals surface area (Å²) in [5.74, 6) is 3.45. The van der Waals surface area contributed by atoms with Gasteiger partial charge in [-0.05, 0) is 30.8 Å². The third-order valence-corrected chi connectivity index (χ3v) is 4.06. The molecule has 0 aliphatic carbocycles. The minimum atomic E-state index is 0.618. The zero-order chi connectivity index (χ0) is 12.5. The van der Waals surface area contributed by atoms with Gasteiger partial charge >= 0.3 is 0 Å². The summed E-state index contributed by atoms with van der Waals surface area (Å²) in [5, 5.41) is 7.82. The number of hydrogen-bond acceptors (Lipinski definition) is 4. The van der Waals surface area contributed by atoms with Crippen LogP contribution in [0, 0.1) is 17.8 Å². The van der Waals surface area contributed by atoms with E-state index in [9.17, 15) is 0 Å². The zero-order valence-corrected chi connectivity index (χ0v) is 11.3. The fraction of sp³-hybridized carbons (Fsp3) is 0.846. The Bertz CT molecular complexity index is 388. The molecule has 2 atom stereocenters. The fourth-order valence-electron chi connectivity index (χ4n) is 3.19. The molecule has 0 bridgehead atoms. The highest BCUT2D eigenvalue weighted by molar-refractivity contribution is 4.94. The summed E-state index contributed by atoms with van der Waals surface area (Å²) in [6.07, 6.45) is 1.69. The van der Waals surface area contributed by atoms with Crippen LogP contribution in [0.15, 0.2) is 6.33 Å². The molecule has 18 heavy (non-hydrogen) atoms. The van der Waals surface area contributed by atoms with Crippen LogP contribution in [0.2, 0.25) is 0 Å². The Morgan fingerprint density at radius 2 is 2.06 bits per heavy atom. The molecule has 3 heterocycles. The van der Waals surface area contributed by atoms with E-state index in [-0.39, 0.29) is 0 Å². The molecule has 2 aliphatic heterocycles. The predicted octanol–water partition coefficient (Wildman–Crippen LogP) is 0.585. The number of fused-ring (bicyclic) bond motifs is 1. The maximum absolute atomic E-state index is 4.42. The van der Waals surface area contributed by atoms with Crippen LogP contribution in [0.25, 0.3) is 0 Å². The van der Waals surface area contributed by atoms with Crippen LogP contribution in [0.5, 0.6) is 0 Å². The highest BCUT2D eigenvalue weighted by atomic mass is 15.4. The van der Waals surface area contributed by atoms with E-state index in [1.807, 2.05) is 0 Å². The summed E-state index contributed by atoms with van der Waals surface area (Å²) >= 11 is 0. The van der Waals surface area contributed by atoms with E-state index >= 15 is 0 Å². The van der Waals surface area contributed by atoms with Gasteiger partial charge in [-0.2, -0.15) is 5.10 Å². The minimum absolute atomic E-state index is 0.618. The summed E-state index contributed by atoms with van der Waals surface area (Å²) in [6, 6.07) is 0. The van der Waals surface area contributed by atoms with Gasteiger partial charge in [0.25, 0.3) is 0 Å². The van der Waals surface area contributed by atoms with Crippen molar-refractivity contribution in [1.82, 2.24) is 25.0 Å². The first-order valence-electron chi connectivity index (χ1n) is 7.02. The molecule has 1 aromatic heterocycles. The van der Waals surface area contributed by atoms with Gasteiger partial charge in [0, 0.05) is 19.6 Å². The number of aromatic nitrogens is 3. The molecule has 0 amide bonds. The van der Waals surface area contributed by atoms with E-state index in [1.165, 1.54) is 26.2 Å². The Labute approximate surface area is 109 Å². The number of rotatable bonds is 4. The molecular weight excluding hydrogens is 226 g/mol. The lowest BCUT2D eigenvalue weighted by Gasteiger charge is -2.17. The number of hydrogen-bond donors (Lipinski definition) is 1.